The van der Waals surface area contributed by atoms with Gasteiger partial charge in [-0.1, -0.05) is 15.9 Å². The smallest absolute Gasteiger partial charge is 0.270 e. The lowest BCUT2D eigenvalue weighted by atomic mass is 10.2. The minimum Gasteiger partial charge on any atom is -0.353 e. The summed E-state index contributed by atoms with van der Waals surface area (Å²) < 4.78 is 0.676. The van der Waals surface area contributed by atoms with Crippen molar-refractivity contribution in [2.24, 2.45) is 0 Å². The van der Waals surface area contributed by atoms with Gasteiger partial charge in [0.2, 0.25) is 5.91 Å². The Morgan fingerprint density at radius 2 is 2.15 bits per heavy atom. The lowest BCUT2D eigenvalue weighted by Crippen LogP contribution is -2.29. The Kier molecular flexibility index (Phi) is 5.08. The van der Waals surface area contributed by atoms with E-state index in [9.17, 15) is 14.9 Å². The number of carbonyl (C=O) groups excluding carboxylic acids is 1. The molecular formula is C13H16BrN3O3. The highest BCUT2D eigenvalue weighted by atomic mass is 79.9. The first-order valence-electron chi connectivity index (χ1n) is 6.48. The van der Waals surface area contributed by atoms with Gasteiger partial charge in [0, 0.05) is 42.2 Å². The molecule has 0 radical (unpaired) electrons. The van der Waals surface area contributed by atoms with Crippen molar-refractivity contribution in [3.63, 3.8) is 0 Å². The number of nitrogens with zero attached hydrogens (tertiary/aromatic N) is 1. The monoisotopic (exact) mass is 341 g/mol. The highest BCUT2D eigenvalue weighted by molar-refractivity contribution is 9.10. The topological polar surface area (TPSA) is 84.3 Å². The van der Waals surface area contributed by atoms with Gasteiger partial charge in [0.25, 0.3) is 5.69 Å². The number of non-ortho nitro benzene ring substituents is 1. The van der Waals surface area contributed by atoms with Crippen molar-refractivity contribution in [3.8, 4) is 0 Å². The molecule has 2 N–H and O–H groups in total. The largest absolute Gasteiger partial charge is 0.353 e. The molecule has 1 amide bonds. The molecule has 0 bridgehead atoms. The maximum atomic E-state index is 11.5. The summed E-state index contributed by atoms with van der Waals surface area (Å²) in [4.78, 5) is 21.8. The van der Waals surface area contributed by atoms with Crippen LogP contribution in [-0.4, -0.2) is 23.4 Å². The molecule has 1 saturated carbocycles. The van der Waals surface area contributed by atoms with Gasteiger partial charge in [-0.25, -0.2) is 0 Å². The summed E-state index contributed by atoms with van der Waals surface area (Å²) in [7, 11) is 0. The van der Waals surface area contributed by atoms with Crippen LogP contribution in [0.3, 0.4) is 0 Å². The Bertz CT molecular complexity index is 518. The summed E-state index contributed by atoms with van der Waals surface area (Å²) >= 11 is 3.25. The Labute approximate surface area is 125 Å². The normalized spacial score (nSPS) is 14.1. The molecule has 0 saturated heterocycles. The lowest BCUT2D eigenvalue weighted by molar-refractivity contribution is -0.385. The van der Waals surface area contributed by atoms with E-state index in [0.29, 0.717) is 30.0 Å². The Balaban J connectivity index is 1.75. The summed E-state index contributed by atoms with van der Waals surface area (Å²) in [6.45, 7) is 1.05. The van der Waals surface area contributed by atoms with Crippen LogP contribution in [0.25, 0.3) is 0 Å². The number of halogens is 1. The molecule has 1 aromatic carbocycles. The maximum absolute atomic E-state index is 11.5. The van der Waals surface area contributed by atoms with E-state index in [0.717, 1.165) is 18.4 Å². The van der Waals surface area contributed by atoms with E-state index >= 15 is 0 Å². The number of carbonyl (C=O) groups is 1. The first-order valence-corrected chi connectivity index (χ1v) is 7.28. The van der Waals surface area contributed by atoms with E-state index < -0.39 is 4.92 Å². The highest BCUT2D eigenvalue weighted by Crippen LogP contribution is 2.21. The van der Waals surface area contributed by atoms with Crippen LogP contribution in [-0.2, 0) is 11.3 Å². The predicted molar refractivity (Wildman–Crippen MR) is 78.3 cm³/mol. The zero-order chi connectivity index (χ0) is 14.5. The van der Waals surface area contributed by atoms with Crippen LogP contribution in [0.4, 0.5) is 5.69 Å². The van der Waals surface area contributed by atoms with E-state index in [4.69, 9.17) is 0 Å². The van der Waals surface area contributed by atoms with Gasteiger partial charge < -0.3 is 10.6 Å². The van der Waals surface area contributed by atoms with Gasteiger partial charge >= 0.3 is 0 Å². The standard InChI is InChI=1S/C13H16BrN3O3/c14-10-5-9(6-12(7-10)17(19)20)8-15-4-3-13(18)16-11-1-2-11/h5-7,11,15H,1-4,8H2,(H,16,18). The van der Waals surface area contributed by atoms with Crippen molar-refractivity contribution >= 4 is 27.5 Å². The third-order valence-corrected chi connectivity index (χ3v) is 3.41. The number of nitro benzene ring substituents is 1. The number of hydrogen-bond acceptors (Lipinski definition) is 4. The van der Waals surface area contributed by atoms with Crippen molar-refractivity contribution in [2.45, 2.75) is 31.8 Å². The molecule has 7 heteroatoms. The van der Waals surface area contributed by atoms with Crippen LogP contribution in [0.2, 0.25) is 0 Å². The van der Waals surface area contributed by atoms with Gasteiger partial charge in [0.15, 0.2) is 0 Å². The second-order valence-electron chi connectivity index (χ2n) is 4.84. The predicted octanol–water partition coefficient (Wildman–Crippen LogP) is 2.12. The molecule has 1 fully saturated rings. The van der Waals surface area contributed by atoms with Crippen molar-refractivity contribution < 1.29 is 9.72 Å². The lowest BCUT2D eigenvalue weighted by Gasteiger charge is -2.06. The van der Waals surface area contributed by atoms with Crippen LogP contribution in [0.1, 0.15) is 24.8 Å². The van der Waals surface area contributed by atoms with E-state index in [2.05, 4.69) is 26.6 Å². The molecule has 0 spiro atoms. The Morgan fingerprint density at radius 3 is 2.80 bits per heavy atom. The molecule has 0 atom stereocenters. The van der Waals surface area contributed by atoms with E-state index in [1.54, 1.807) is 0 Å². The van der Waals surface area contributed by atoms with Gasteiger partial charge in [0.05, 0.1) is 4.92 Å². The molecule has 108 valence electrons. The molecule has 6 nitrogen and oxygen atoms in total. The molecule has 0 heterocycles. The quantitative estimate of drug-likeness (QED) is 0.452. The number of rotatable bonds is 7. The number of benzene rings is 1. The average Bonchev–Trinajstić information content (AvgIpc) is 3.18. The summed E-state index contributed by atoms with van der Waals surface area (Å²) in [5.41, 5.74) is 0.872. The molecule has 0 aromatic heterocycles. The summed E-state index contributed by atoms with van der Waals surface area (Å²) in [6.07, 6.45) is 2.59. The Hall–Kier alpha value is -1.47. The van der Waals surface area contributed by atoms with Crippen molar-refractivity contribution in [3.05, 3.63) is 38.3 Å². The summed E-state index contributed by atoms with van der Waals surface area (Å²) in [6, 6.07) is 5.20. The van der Waals surface area contributed by atoms with Gasteiger partial charge in [-0.3, -0.25) is 14.9 Å². The molecule has 1 aliphatic rings. The fraction of sp³-hybridized carbons (Fsp3) is 0.462. The highest BCUT2D eigenvalue weighted by Gasteiger charge is 2.22. The number of nitrogens with one attached hydrogen (secondary N) is 2. The van der Waals surface area contributed by atoms with E-state index in [1.807, 2.05) is 6.07 Å². The fourth-order valence-electron chi connectivity index (χ4n) is 1.80. The molecule has 1 aliphatic carbocycles. The molecular weight excluding hydrogens is 326 g/mol. The Morgan fingerprint density at radius 1 is 1.40 bits per heavy atom. The van der Waals surface area contributed by atoms with E-state index in [-0.39, 0.29) is 11.6 Å². The molecule has 0 aliphatic heterocycles. The summed E-state index contributed by atoms with van der Waals surface area (Å²) in [5.74, 6) is 0.0558. The first kappa shape index (κ1) is 14.9. The molecule has 0 unspecified atom stereocenters. The van der Waals surface area contributed by atoms with Crippen LogP contribution in [0.5, 0.6) is 0 Å². The number of hydrogen-bond donors (Lipinski definition) is 2. The van der Waals surface area contributed by atoms with Crippen LogP contribution in [0.15, 0.2) is 22.7 Å². The third-order valence-electron chi connectivity index (χ3n) is 2.95. The van der Waals surface area contributed by atoms with E-state index in [1.165, 1.54) is 12.1 Å². The summed E-state index contributed by atoms with van der Waals surface area (Å²) in [5, 5.41) is 16.8. The van der Waals surface area contributed by atoms with Gasteiger partial charge in [0.1, 0.15) is 0 Å². The first-order chi connectivity index (χ1) is 9.54. The van der Waals surface area contributed by atoms with Crippen LogP contribution >= 0.6 is 15.9 Å². The van der Waals surface area contributed by atoms with Crippen molar-refractivity contribution in [2.75, 3.05) is 6.54 Å². The molecule has 1 aromatic rings. The molecule has 2 rings (SSSR count). The van der Waals surface area contributed by atoms with Gasteiger partial charge in [-0.15, -0.1) is 0 Å². The number of amides is 1. The second kappa shape index (κ2) is 6.81. The zero-order valence-electron chi connectivity index (χ0n) is 10.9. The number of nitro groups is 1. The minimum absolute atomic E-state index is 0.0558. The zero-order valence-corrected chi connectivity index (χ0v) is 12.5. The SMILES string of the molecule is O=C(CCNCc1cc(Br)cc([N+](=O)[O-])c1)NC1CC1. The van der Waals surface area contributed by atoms with Crippen molar-refractivity contribution in [1.29, 1.82) is 0 Å². The molecule has 20 heavy (non-hydrogen) atoms. The van der Waals surface area contributed by atoms with Crippen LogP contribution in [0, 0.1) is 10.1 Å². The third kappa shape index (κ3) is 4.90. The second-order valence-corrected chi connectivity index (χ2v) is 5.76. The average molecular weight is 342 g/mol. The van der Waals surface area contributed by atoms with Crippen LogP contribution < -0.4 is 10.6 Å². The maximum Gasteiger partial charge on any atom is 0.270 e. The van der Waals surface area contributed by atoms with Gasteiger partial charge in [-0.2, -0.15) is 0 Å². The fourth-order valence-corrected chi connectivity index (χ4v) is 2.33. The minimum atomic E-state index is -0.419. The van der Waals surface area contributed by atoms with Gasteiger partial charge in [-0.05, 0) is 24.5 Å². The van der Waals surface area contributed by atoms with Crippen molar-refractivity contribution in [1.82, 2.24) is 10.6 Å².